The van der Waals surface area contributed by atoms with Gasteiger partial charge in [-0.15, -0.1) is 11.8 Å². The van der Waals surface area contributed by atoms with E-state index in [1.807, 2.05) is 24.3 Å². The van der Waals surface area contributed by atoms with E-state index in [2.05, 4.69) is 0 Å². The topological polar surface area (TPSA) is 26.3 Å². The maximum atomic E-state index is 13.1. The molecule has 0 fully saturated rings. The van der Waals surface area contributed by atoms with Gasteiger partial charge in [-0.1, -0.05) is 18.2 Å². The van der Waals surface area contributed by atoms with Gasteiger partial charge in [-0.3, -0.25) is 4.79 Å². The molecule has 1 aliphatic rings. The molecule has 2 aromatic rings. The van der Waals surface area contributed by atoms with E-state index in [4.69, 9.17) is 4.74 Å². The zero-order valence-electron chi connectivity index (χ0n) is 11.0. The first-order valence-electron chi connectivity index (χ1n) is 6.48. The molecule has 1 unspecified atom stereocenters. The highest BCUT2D eigenvalue weighted by molar-refractivity contribution is 7.99. The summed E-state index contributed by atoms with van der Waals surface area (Å²) in [5, 5.41) is 0. The van der Waals surface area contributed by atoms with E-state index in [9.17, 15) is 13.6 Å². The van der Waals surface area contributed by atoms with Crippen LogP contribution in [0.3, 0.4) is 0 Å². The van der Waals surface area contributed by atoms with Crippen molar-refractivity contribution < 1.29 is 18.3 Å². The van der Waals surface area contributed by atoms with E-state index in [1.54, 1.807) is 11.8 Å². The van der Waals surface area contributed by atoms with E-state index >= 15 is 0 Å². The van der Waals surface area contributed by atoms with E-state index in [0.29, 0.717) is 17.1 Å². The molecule has 1 heterocycles. The average Bonchev–Trinajstić information content (AvgIpc) is 2.50. The highest BCUT2D eigenvalue weighted by Crippen LogP contribution is 2.35. The molecule has 0 aliphatic carbocycles. The number of benzene rings is 2. The Hall–Kier alpha value is -1.88. The minimum absolute atomic E-state index is 0.0323. The molecule has 0 bridgehead atoms. The summed E-state index contributed by atoms with van der Waals surface area (Å²) < 4.78 is 31.7. The Kier molecular flexibility index (Phi) is 3.92. The van der Waals surface area contributed by atoms with Crippen LogP contribution in [0.25, 0.3) is 0 Å². The van der Waals surface area contributed by atoms with Gasteiger partial charge in [0.05, 0.1) is 0 Å². The molecule has 5 heteroatoms. The third kappa shape index (κ3) is 3.08. The quantitative estimate of drug-likeness (QED) is 0.866. The number of para-hydroxylation sites is 1. The first kappa shape index (κ1) is 14.1. The molecule has 0 aromatic heterocycles. The number of thioether (sulfide) groups is 1. The van der Waals surface area contributed by atoms with Crippen molar-refractivity contribution >= 4 is 17.5 Å². The molecule has 1 atom stereocenters. The first-order valence-corrected chi connectivity index (χ1v) is 7.47. The van der Waals surface area contributed by atoms with E-state index < -0.39 is 17.7 Å². The molecule has 2 aromatic carbocycles. The van der Waals surface area contributed by atoms with Gasteiger partial charge in [0.25, 0.3) is 0 Å². The zero-order valence-corrected chi connectivity index (χ0v) is 11.8. The normalized spacial score (nSPS) is 17.0. The van der Waals surface area contributed by atoms with Crippen LogP contribution in [0.1, 0.15) is 5.56 Å². The van der Waals surface area contributed by atoms with Crippen LogP contribution in [-0.4, -0.2) is 17.6 Å². The van der Waals surface area contributed by atoms with Gasteiger partial charge in [-0.25, -0.2) is 8.78 Å². The number of Topliss-reactive ketones (excluding diaryl/α,β-unsaturated/α-hetero) is 1. The number of ether oxygens (including phenoxy) is 1. The Labute approximate surface area is 125 Å². The predicted octanol–water partition coefficient (Wildman–Crippen LogP) is 3.63. The molecule has 0 radical (unpaired) electrons. The van der Waals surface area contributed by atoms with Crippen molar-refractivity contribution in [3.63, 3.8) is 0 Å². The van der Waals surface area contributed by atoms with Gasteiger partial charge < -0.3 is 4.74 Å². The summed E-state index contributed by atoms with van der Waals surface area (Å²) >= 11 is 1.56. The van der Waals surface area contributed by atoms with Crippen LogP contribution >= 0.6 is 11.8 Å². The van der Waals surface area contributed by atoms with E-state index in [0.717, 1.165) is 17.0 Å². The second kappa shape index (κ2) is 5.85. The van der Waals surface area contributed by atoms with Crippen LogP contribution in [0.4, 0.5) is 8.78 Å². The number of hydrogen-bond donors (Lipinski definition) is 0. The Balaban J connectivity index is 1.70. The van der Waals surface area contributed by atoms with Crippen molar-refractivity contribution in [1.82, 2.24) is 0 Å². The van der Waals surface area contributed by atoms with Crippen LogP contribution in [0.5, 0.6) is 5.75 Å². The number of carbonyl (C=O) groups is 1. The molecule has 0 saturated carbocycles. The van der Waals surface area contributed by atoms with Crippen molar-refractivity contribution in [3.05, 3.63) is 59.7 Å². The van der Waals surface area contributed by atoms with Crippen molar-refractivity contribution in [3.8, 4) is 5.75 Å². The molecule has 0 N–H and O–H groups in total. The van der Waals surface area contributed by atoms with Crippen molar-refractivity contribution in [2.45, 2.75) is 17.4 Å². The van der Waals surface area contributed by atoms with Gasteiger partial charge in [-0.05, 0) is 29.8 Å². The average molecular weight is 306 g/mol. The van der Waals surface area contributed by atoms with E-state index in [-0.39, 0.29) is 12.2 Å². The Morgan fingerprint density at radius 3 is 2.81 bits per heavy atom. The van der Waals surface area contributed by atoms with Gasteiger partial charge in [0.2, 0.25) is 0 Å². The Bertz CT molecular complexity index is 688. The fourth-order valence-electron chi connectivity index (χ4n) is 2.14. The number of fused-ring (bicyclic) bond motifs is 1. The van der Waals surface area contributed by atoms with Crippen molar-refractivity contribution in [1.29, 1.82) is 0 Å². The third-order valence-corrected chi connectivity index (χ3v) is 4.35. The SMILES string of the molecule is O=C(Cc1ccc(F)c(F)c1)C1CSc2ccccc2O1. The lowest BCUT2D eigenvalue weighted by molar-refractivity contribution is -0.124. The molecule has 2 nitrogen and oxygen atoms in total. The molecular weight excluding hydrogens is 294 g/mol. The van der Waals surface area contributed by atoms with Gasteiger partial charge >= 0.3 is 0 Å². The predicted molar refractivity (Wildman–Crippen MR) is 76.7 cm³/mol. The summed E-state index contributed by atoms with van der Waals surface area (Å²) in [5.74, 6) is -0.769. The maximum Gasteiger partial charge on any atom is 0.178 e. The van der Waals surface area contributed by atoms with Crippen LogP contribution in [0.15, 0.2) is 47.4 Å². The van der Waals surface area contributed by atoms with Gasteiger partial charge in [-0.2, -0.15) is 0 Å². The standard InChI is InChI=1S/C16H12F2O2S/c17-11-6-5-10(7-12(11)18)8-13(19)15-9-21-16-4-2-1-3-14(16)20-15/h1-7,15H,8-9H2. The first-order chi connectivity index (χ1) is 10.1. The lowest BCUT2D eigenvalue weighted by atomic mass is 10.1. The highest BCUT2D eigenvalue weighted by Gasteiger charge is 2.26. The van der Waals surface area contributed by atoms with E-state index in [1.165, 1.54) is 6.07 Å². The number of halogens is 2. The Morgan fingerprint density at radius 1 is 1.19 bits per heavy atom. The maximum absolute atomic E-state index is 13.1. The number of hydrogen-bond acceptors (Lipinski definition) is 3. The van der Waals surface area contributed by atoms with Gasteiger partial charge in [0.1, 0.15) is 5.75 Å². The largest absolute Gasteiger partial charge is 0.481 e. The van der Waals surface area contributed by atoms with Gasteiger partial charge in [0.15, 0.2) is 23.5 Å². The lowest BCUT2D eigenvalue weighted by Gasteiger charge is -2.24. The summed E-state index contributed by atoms with van der Waals surface area (Å²) in [5.41, 5.74) is 0.450. The number of rotatable bonds is 3. The molecule has 3 rings (SSSR count). The summed E-state index contributed by atoms with van der Waals surface area (Å²) in [7, 11) is 0. The summed E-state index contributed by atoms with van der Waals surface area (Å²) in [4.78, 5) is 13.2. The number of ketones is 1. The smallest absolute Gasteiger partial charge is 0.178 e. The highest BCUT2D eigenvalue weighted by atomic mass is 32.2. The fraction of sp³-hybridized carbons (Fsp3) is 0.188. The third-order valence-electron chi connectivity index (χ3n) is 3.23. The molecule has 21 heavy (non-hydrogen) atoms. The second-order valence-electron chi connectivity index (χ2n) is 4.76. The molecule has 0 amide bonds. The summed E-state index contributed by atoms with van der Waals surface area (Å²) in [6, 6.07) is 11.0. The lowest BCUT2D eigenvalue weighted by Crippen LogP contribution is -2.33. The zero-order chi connectivity index (χ0) is 14.8. The molecule has 1 aliphatic heterocycles. The molecule has 0 spiro atoms. The molecule has 0 saturated heterocycles. The van der Waals surface area contributed by atoms with Crippen molar-refractivity contribution in [2.24, 2.45) is 0 Å². The van der Waals surface area contributed by atoms with Crippen LogP contribution in [0.2, 0.25) is 0 Å². The monoisotopic (exact) mass is 306 g/mol. The van der Waals surface area contributed by atoms with Crippen LogP contribution in [0, 0.1) is 11.6 Å². The minimum atomic E-state index is -0.940. The summed E-state index contributed by atoms with van der Waals surface area (Å²) in [6.45, 7) is 0. The van der Waals surface area contributed by atoms with Crippen molar-refractivity contribution in [2.75, 3.05) is 5.75 Å². The Morgan fingerprint density at radius 2 is 2.00 bits per heavy atom. The summed E-state index contributed by atoms with van der Waals surface area (Å²) in [6.07, 6.45) is -0.525. The fourth-order valence-corrected chi connectivity index (χ4v) is 3.16. The molecule has 108 valence electrons. The van der Waals surface area contributed by atoms with Crippen LogP contribution in [-0.2, 0) is 11.2 Å². The second-order valence-corrected chi connectivity index (χ2v) is 5.82. The molecular formula is C16H12F2O2S. The van der Waals surface area contributed by atoms with Gasteiger partial charge in [0, 0.05) is 17.1 Å². The van der Waals surface area contributed by atoms with Crippen LogP contribution < -0.4 is 4.74 Å². The number of carbonyl (C=O) groups excluding carboxylic acids is 1. The minimum Gasteiger partial charge on any atom is -0.481 e.